The molecule has 3 N–H and O–H groups in total. The molecule has 7 heteroatoms. The molecule has 25 heavy (non-hydrogen) atoms. The van der Waals surface area contributed by atoms with Crippen molar-refractivity contribution in [3.63, 3.8) is 0 Å². The molecule has 0 unspecified atom stereocenters. The molecule has 3 rings (SSSR count). The van der Waals surface area contributed by atoms with E-state index in [1.807, 2.05) is 32.9 Å². The van der Waals surface area contributed by atoms with Crippen molar-refractivity contribution in [1.82, 2.24) is 14.8 Å². The molecule has 3 heterocycles. The molecular weight excluding hydrogens is 318 g/mol. The van der Waals surface area contributed by atoms with Crippen molar-refractivity contribution in [2.45, 2.75) is 27.3 Å². The molecule has 7 nitrogen and oxygen atoms in total. The molecule has 0 spiro atoms. The summed E-state index contributed by atoms with van der Waals surface area (Å²) in [5, 5.41) is 23.0. The van der Waals surface area contributed by atoms with Gasteiger partial charge in [-0.05, 0) is 32.9 Å². The lowest BCUT2D eigenvalue weighted by Gasteiger charge is -2.09. The van der Waals surface area contributed by atoms with Crippen molar-refractivity contribution < 1.29 is 9.52 Å². The molecule has 0 radical (unpaired) electrons. The summed E-state index contributed by atoms with van der Waals surface area (Å²) in [6, 6.07) is 5.86. The number of aliphatic hydroxyl groups is 1. The van der Waals surface area contributed by atoms with Crippen LogP contribution in [0.4, 0.5) is 5.82 Å². The number of nitrogen functional groups attached to an aromatic ring is 1. The number of hydrogen-bond donors (Lipinski definition) is 2. The second-order valence-electron chi connectivity index (χ2n) is 5.87. The number of aliphatic hydroxyl groups excluding tert-OH is 1. The molecule has 0 aliphatic heterocycles. The van der Waals surface area contributed by atoms with E-state index in [1.54, 1.807) is 10.9 Å². The van der Waals surface area contributed by atoms with E-state index in [2.05, 4.69) is 16.2 Å². The Labute approximate surface area is 145 Å². The summed E-state index contributed by atoms with van der Waals surface area (Å²) in [5.74, 6) is 1.70. The monoisotopic (exact) mass is 337 g/mol. The summed E-state index contributed by atoms with van der Waals surface area (Å²) in [4.78, 5) is 4.38. The van der Waals surface area contributed by atoms with Crippen LogP contribution in [-0.2, 0) is 6.54 Å². The van der Waals surface area contributed by atoms with Gasteiger partial charge in [0.15, 0.2) is 0 Å². The van der Waals surface area contributed by atoms with Gasteiger partial charge in [-0.1, -0.05) is 0 Å². The number of furan rings is 1. The number of pyridine rings is 1. The average molecular weight is 337 g/mol. The van der Waals surface area contributed by atoms with Crippen molar-refractivity contribution >= 4 is 5.82 Å². The third kappa shape index (κ3) is 2.99. The third-order valence-corrected chi connectivity index (χ3v) is 4.04. The SMILES string of the molecule is Cc1cc(-c2cc(-c3cn(CCO)nc3C)c(C#N)c(N)n2)c(C)o1. The molecule has 0 fully saturated rings. The van der Waals surface area contributed by atoms with Crippen molar-refractivity contribution in [2.24, 2.45) is 0 Å². The number of nitrogens with zero attached hydrogens (tertiary/aromatic N) is 4. The van der Waals surface area contributed by atoms with Gasteiger partial charge < -0.3 is 15.3 Å². The van der Waals surface area contributed by atoms with Gasteiger partial charge in [-0.2, -0.15) is 10.4 Å². The van der Waals surface area contributed by atoms with Gasteiger partial charge in [-0.3, -0.25) is 4.68 Å². The van der Waals surface area contributed by atoms with Gasteiger partial charge in [0.2, 0.25) is 0 Å². The first-order chi connectivity index (χ1) is 11.9. The van der Waals surface area contributed by atoms with E-state index < -0.39 is 0 Å². The molecule has 0 bridgehead atoms. The second kappa shape index (κ2) is 6.42. The number of aryl methyl sites for hydroxylation is 3. The lowest BCUT2D eigenvalue weighted by atomic mass is 9.99. The van der Waals surface area contributed by atoms with E-state index in [0.717, 1.165) is 28.3 Å². The van der Waals surface area contributed by atoms with E-state index in [9.17, 15) is 5.26 Å². The minimum absolute atomic E-state index is 0.0110. The fourth-order valence-corrected chi connectivity index (χ4v) is 2.92. The molecule has 0 atom stereocenters. The molecule has 0 aliphatic carbocycles. The van der Waals surface area contributed by atoms with Crippen LogP contribution in [-0.4, -0.2) is 26.5 Å². The first kappa shape index (κ1) is 16.7. The summed E-state index contributed by atoms with van der Waals surface area (Å²) in [6.07, 6.45) is 1.80. The van der Waals surface area contributed by atoms with Gasteiger partial charge in [0, 0.05) is 22.9 Å². The molecule has 128 valence electrons. The van der Waals surface area contributed by atoms with Gasteiger partial charge in [0.25, 0.3) is 0 Å². The van der Waals surface area contributed by atoms with Crippen LogP contribution in [0.1, 0.15) is 22.8 Å². The zero-order valence-electron chi connectivity index (χ0n) is 14.4. The van der Waals surface area contributed by atoms with Crippen molar-refractivity contribution in [3.05, 3.63) is 41.1 Å². The molecule has 0 amide bonds. The van der Waals surface area contributed by atoms with Gasteiger partial charge >= 0.3 is 0 Å². The number of hydrogen-bond acceptors (Lipinski definition) is 6. The Bertz CT molecular complexity index is 978. The molecule has 0 aliphatic rings. The van der Waals surface area contributed by atoms with Crippen LogP contribution in [0.3, 0.4) is 0 Å². The number of anilines is 1. The highest BCUT2D eigenvalue weighted by molar-refractivity contribution is 5.81. The highest BCUT2D eigenvalue weighted by Gasteiger charge is 2.19. The van der Waals surface area contributed by atoms with E-state index in [-0.39, 0.29) is 12.4 Å². The summed E-state index contributed by atoms with van der Waals surface area (Å²) >= 11 is 0. The van der Waals surface area contributed by atoms with Crippen LogP contribution < -0.4 is 5.73 Å². The van der Waals surface area contributed by atoms with Gasteiger partial charge in [0.1, 0.15) is 29.0 Å². The zero-order chi connectivity index (χ0) is 18.1. The number of nitrogens with two attached hydrogens (primary N) is 1. The maximum atomic E-state index is 9.53. The highest BCUT2D eigenvalue weighted by Crippen LogP contribution is 2.34. The Balaban J connectivity index is 2.22. The van der Waals surface area contributed by atoms with E-state index >= 15 is 0 Å². The Morgan fingerprint density at radius 2 is 2.00 bits per heavy atom. The Hall–Kier alpha value is -3.11. The van der Waals surface area contributed by atoms with E-state index in [4.69, 9.17) is 15.3 Å². The quantitative estimate of drug-likeness (QED) is 0.756. The topological polar surface area (TPSA) is 114 Å². The first-order valence-electron chi connectivity index (χ1n) is 7.88. The predicted octanol–water partition coefficient (Wildman–Crippen LogP) is 2.58. The average Bonchev–Trinajstić information content (AvgIpc) is 3.08. The van der Waals surface area contributed by atoms with Crippen molar-refractivity contribution in [2.75, 3.05) is 12.3 Å². The van der Waals surface area contributed by atoms with Crippen LogP contribution in [0.5, 0.6) is 0 Å². The fraction of sp³-hybridized carbons (Fsp3) is 0.278. The smallest absolute Gasteiger partial charge is 0.142 e. The minimum Gasteiger partial charge on any atom is -0.466 e. The number of nitriles is 1. The van der Waals surface area contributed by atoms with Crippen LogP contribution in [0, 0.1) is 32.1 Å². The molecule has 0 saturated carbocycles. The lowest BCUT2D eigenvalue weighted by Crippen LogP contribution is -2.02. The standard InChI is InChI=1S/C18H19N5O2/c1-10-6-13(12(3)25-10)17-7-14(15(8-19)18(20)21-17)16-9-23(4-5-24)22-11(16)2/h6-7,9,24H,4-5H2,1-3H3,(H2,20,21). The summed E-state index contributed by atoms with van der Waals surface area (Å²) in [6.45, 7) is 5.96. The Morgan fingerprint density at radius 3 is 2.60 bits per heavy atom. The van der Waals surface area contributed by atoms with Crippen LogP contribution in [0.2, 0.25) is 0 Å². The fourth-order valence-electron chi connectivity index (χ4n) is 2.92. The second-order valence-corrected chi connectivity index (χ2v) is 5.87. The molecule has 0 saturated heterocycles. The van der Waals surface area contributed by atoms with E-state index in [1.165, 1.54) is 0 Å². The number of rotatable bonds is 4. The molecular formula is C18H19N5O2. The highest BCUT2D eigenvalue weighted by atomic mass is 16.3. The predicted molar refractivity (Wildman–Crippen MR) is 93.6 cm³/mol. The van der Waals surface area contributed by atoms with Gasteiger partial charge in [0.05, 0.1) is 24.5 Å². The minimum atomic E-state index is -0.0110. The van der Waals surface area contributed by atoms with Gasteiger partial charge in [-0.15, -0.1) is 0 Å². The maximum Gasteiger partial charge on any atom is 0.142 e. The van der Waals surface area contributed by atoms with Crippen LogP contribution in [0.15, 0.2) is 22.7 Å². The Morgan fingerprint density at radius 1 is 1.24 bits per heavy atom. The lowest BCUT2D eigenvalue weighted by molar-refractivity contribution is 0.269. The third-order valence-electron chi connectivity index (χ3n) is 4.04. The Kier molecular flexibility index (Phi) is 4.30. The van der Waals surface area contributed by atoms with E-state index in [0.29, 0.717) is 23.4 Å². The summed E-state index contributed by atoms with van der Waals surface area (Å²) in [7, 11) is 0. The largest absolute Gasteiger partial charge is 0.466 e. The first-order valence-corrected chi connectivity index (χ1v) is 7.88. The maximum absolute atomic E-state index is 9.53. The number of aromatic nitrogens is 3. The van der Waals surface area contributed by atoms with Crippen LogP contribution in [0.25, 0.3) is 22.4 Å². The van der Waals surface area contributed by atoms with Gasteiger partial charge in [-0.25, -0.2) is 4.98 Å². The van der Waals surface area contributed by atoms with Crippen molar-refractivity contribution in [1.29, 1.82) is 5.26 Å². The molecule has 0 aromatic carbocycles. The zero-order valence-corrected chi connectivity index (χ0v) is 14.4. The summed E-state index contributed by atoms with van der Waals surface area (Å²) in [5.41, 5.74) is 10.1. The van der Waals surface area contributed by atoms with Crippen LogP contribution >= 0.6 is 0 Å². The van der Waals surface area contributed by atoms with Crippen molar-refractivity contribution in [3.8, 4) is 28.5 Å². The molecule has 3 aromatic heterocycles. The molecule has 3 aromatic rings. The normalized spacial score (nSPS) is 10.8. The summed E-state index contributed by atoms with van der Waals surface area (Å²) < 4.78 is 7.23.